The van der Waals surface area contributed by atoms with Crippen LogP contribution in [0.25, 0.3) is 11.0 Å². The SMILES string of the molecule is Cn1c(=O)c(C(=O)N2CCN(Cc3ccc4c(c3)OCO4)CC2)nc2ccccc21. The summed E-state index contributed by atoms with van der Waals surface area (Å²) in [5.41, 5.74) is 2.13. The number of amides is 1. The van der Waals surface area contributed by atoms with Crippen LogP contribution < -0.4 is 15.0 Å². The average molecular weight is 406 g/mol. The Morgan fingerprint density at radius 1 is 1.03 bits per heavy atom. The second-order valence-corrected chi connectivity index (χ2v) is 7.57. The number of benzene rings is 2. The molecule has 0 atom stereocenters. The fraction of sp³-hybridized carbons (Fsp3) is 0.318. The number of carbonyl (C=O) groups is 1. The summed E-state index contributed by atoms with van der Waals surface area (Å²) in [5.74, 6) is 1.25. The van der Waals surface area contributed by atoms with Gasteiger partial charge in [-0.3, -0.25) is 14.5 Å². The summed E-state index contributed by atoms with van der Waals surface area (Å²) in [6.45, 7) is 3.61. The number of hydrogen-bond donors (Lipinski definition) is 0. The van der Waals surface area contributed by atoms with Crippen molar-refractivity contribution in [3.8, 4) is 11.5 Å². The van der Waals surface area contributed by atoms with Crippen molar-refractivity contribution in [2.75, 3.05) is 33.0 Å². The minimum Gasteiger partial charge on any atom is -0.454 e. The molecule has 1 fully saturated rings. The van der Waals surface area contributed by atoms with Crippen LogP contribution in [0.4, 0.5) is 0 Å². The molecular weight excluding hydrogens is 384 g/mol. The van der Waals surface area contributed by atoms with Crippen molar-refractivity contribution in [3.05, 3.63) is 64.1 Å². The van der Waals surface area contributed by atoms with Gasteiger partial charge < -0.3 is 18.9 Å². The van der Waals surface area contributed by atoms with Crippen LogP contribution in [0.3, 0.4) is 0 Å². The lowest BCUT2D eigenvalue weighted by Gasteiger charge is -2.34. The van der Waals surface area contributed by atoms with Crippen molar-refractivity contribution in [1.29, 1.82) is 0 Å². The Morgan fingerprint density at radius 3 is 2.63 bits per heavy atom. The maximum Gasteiger partial charge on any atom is 0.282 e. The molecule has 1 amide bonds. The van der Waals surface area contributed by atoms with Crippen molar-refractivity contribution in [1.82, 2.24) is 19.4 Å². The summed E-state index contributed by atoms with van der Waals surface area (Å²) in [6, 6.07) is 13.3. The van der Waals surface area contributed by atoms with E-state index >= 15 is 0 Å². The topological polar surface area (TPSA) is 76.9 Å². The van der Waals surface area contributed by atoms with E-state index in [0.717, 1.165) is 36.7 Å². The van der Waals surface area contributed by atoms with E-state index in [-0.39, 0.29) is 24.0 Å². The van der Waals surface area contributed by atoms with E-state index in [4.69, 9.17) is 9.47 Å². The van der Waals surface area contributed by atoms with Gasteiger partial charge in [0.2, 0.25) is 6.79 Å². The molecule has 2 aliphatic rings. The first kappa shape index (κ1) is 18.6. The highest BCUT2D eigenvalue weighted by molar-refractivity contribution is 5.94. The average Bonchev–Trinajstić information content (AvgIpc) is 3.24. The van der Waals surface area contributed by atoms with Crippen LogP contribution in [-0.2, 0) is 13.6 Å². The maximum atomic E-state index is 13.0. The zero-order valence-electron chi connectivity index (χ0n) is 16.7. The molecule has 3 aromatic rings. The molecule has 5 rings (SSSR count). The lowest BCUT2D eigenvalue weighted by Crippen LogP contribution is -2.49. The summed E-state index contributed by atoms with van der Waals surface area (Å²) in [5, 5.41) is 0. The Hall–Kier alpha value is -3.39. The number of para-hydroxylation sites is 2. The Balaban J connectivity index is 1.28. The van der Waals surface area contributed by atoms with Gasteiger partial charge in [0.1, 0.15) is 0 Å². The summed E-state index contributed by atoms with van der Waals surface area (Å²) < 4.78 is 12.3. The van der Waals surface area contributed by atoms with Gasteiger partial charge in [-0.2, -0.15) is 0 Å². The van der Waals surface area contributed by atoms with Crippen LogP contribution in [0, 0.1) is 0 Å². The van der Waals surface area contributed by atoms with Crippen LogP contribution >= 0.6 is 0 Å². The van der Waals surface area contributed by atoms with Crippen LogP contribution in [0.5, 0.6) is 11.5 Å². The van der Waals surface area contributed by atoms with Crippen LogP contribution in [0.2, 0.25) is 0 Å². The summed E-state index contributed by atoms with van der Waals surface area (Å²) in [4.78, 5) is 34.1. The monoisotopic (exact) mass is 406 g/mol. The van der Waals surface area contributed by atoms with Crippen molar-refractivity contribution >= 4 is 16.9 Å². The van der Waals surface area contributed by atoms with Gasteiger partial charge in [0.25, 0.3) is 11.5 Å². The molecule has 3 heterocycles. The van der Waals surface area contributed by atoms with Gasteiger partial charge in [0, 0.05) is 39.8 Å². The molecule has 0 radical (unpaired) electrons. The Morgan fingerprint density at radius 2 is 1.80 bits per heavy atom. The van der Waals surface area contributed by atoms with Crippen LogP contribution in [-0.4, -0.2) is 58.2 Å². The quantitative estimate of drug-likeness (QED) is 0.658. The summed E-state index contributed by atoms with van der Waals surface area (Å²) in [7, 11) is 1.67. The zero-order valence-corrected chi connectivity index (χ0v) is 16.7. The molecule has 8 heteroatoms. The smallest absolute Gasteiger partial charge is 0.282 e. The van der Waals surface area contributed by atoms with Gasteiger partial charge in [-0.1, -0.05) is 18.2 Å². The second kappa shape index (κ2) is 7.46. The maximum absolute atomic E-state index is 13.0. The summed E-state index contributed by atoms with van der Waals surface area (Å²) >= 11 is 0. The zero-order chi connectivity index (χ0) is 20.7. The highest BCUT2D eigenvalue weighted by Gasteiger charge is 2.26. The normalized spacial score (nSPS) is 16.2. The van der Waals surface area contributed by atoms with Gasteiger partial charge in [-0.05, 0) is 29.8 Å². The standard InChI is InChI=1S/C22H22N4O4/c1-24-17-5-3-2-4-16(17)23-20(21(24)27)22(28)26-10-8-25(9-11-26)13-15-6-7-18-19(12-15)30-14-29-18/h2-7,12H,8-11,13-14H2,1H3. The Labute approximate surface area is 173 Å². The fourth-order valence-electron chi connectivity index (χ4n) is 3.97. The van der Waals surface area contributed by atoms with Gasteiger partial charge in [-0.25, -0.2) is 4.98 Å². The number of nitrogens with zero attached hydrogens (tertiary/aromatic N) is 4. The first-order valence-corrected chi connectivity index (χ1v) is 9.96. The fourth-order valence-corrected chi connectivity index (χ4v) is 3.97. The van der Waals surface area contributed by atoms with E-state index < -0.39 is 0 Å². The van der Waals surface area contributed by atoms with E-state index in [1.807, 2.05) is 42.5 Å². The van der Waals surface area contributed by atoms with Crippen molar-refractivity contribution in [3.63, 3.8) is 0 Å². The van der Waals surface area contributed by atoms with Crippen molar-refractivity contribution < 1.29 is 14.3 Å². The molecule has 2 aromatic carbocycles. The first-order valence-electron chi connectivity index (χ1n) is 9.96. The van der Waals surface area contributed by atoms with E-state index in [9.17, 15) is 9.59 Å². The van der Waals surface area contributed by atoms with Crippen LogP contribution in [0.15, 0.2) is 47.3 Å². The Kier molecular flexibility index (Phi) is 4.63. The molecule has 0 bridgehead atoms. The minimum absolute atomic E-state index is 0.0135. The molecule has 1 aromatic heterocycles. The molecule has 0 N–H and O–H groups in total. The highest BCUT2D eigenvalue weighted by Crippen LogP contribution is 2.32. The molecule has 30 heavy (non-hydrogen) atoms. The van der Waals surface area contributed by atoms with E-state index in [2.05, 4.69) is 9.88 Å². The molecule has 0 unspecified atom stereocenters. The largest absolute Gasteiger partial charge is 0.454 e. The predicted octanol–water partition coefficient (Wildman–Crippen LogP) is 1.62. The van der Waals surface area contributed by atoms with Gasteiger partial charge >= 0.3 is 0 Å². The molecule has 154 valence electrons. The van der Waals surface area contributed by atoms with E-state index in [0.29, 0.717) is 24.1 Å². The number of rotatable bonds is 3. The number of aryl methyl sites for hydroxylation is 1. The molecule has 0 spiro atoms. The van der Waals surface area contributed by atoms with Gasteiger partial charge in [-0.15, -0.1) is 0 Å². The van der Waals surface area contributed by atoms with Gasteiger partial charge in [0.05, 0.1) is 11.0 Å². The number of hydrogen-bond acceptors (Lipinski definition) is 6. The Bertz CT molecular complexity index is 1180. The lowest BCUT2D eigenvalue weighted by molar-refractivity contribution is 0.0620. The number of piperazine rings is 1. The van der Waals surface area contributed by atoms with E-state index in [1.165, 1.54) is 4.57 Å². The number of aromatic nitrogens is 2. The van der Waals surface area contributed by atoms with Crippen LogP contribution in [0.1, 0.15) is 16.1 Å². The highest BCUT2D eigenvalue weighted by atomic mass is 16.7. The molecule has 8 nitrogen and oxygen atoms in total. The second-order valence-electron chi connectivity index (χ2n) is 7.57. The molecule has 1 saturated heterocycles. The lowest BCUT2D eigenvalue weighted by atomic mass is 10.1. The van der Waals surface area contributed by atoms with E-state index in [1.54, 1.807) is 11.9 Å². The molecule has 0 saturated carbocycles. The van der Waals surface area contributed by atoms with Gasteiger partial charge in [0.15, 0.2) is 17.2 Å². The third kappa shape index (κ3) is 3.29. The van der Waals surface area contributed by atoms with Crippen molar-refractivity contribution in [2.24, 2.45) is 7.05 Å². The number of fused-ring (bicyclic) bond motifs is 2. The third-order valence-electron chi connectivity index (χ3n) is 5.69. The molecule has 0 aliphatic carbocycles. The third-order valence-corrected chi connectivity index (χ3v) is 5.69. The summed E-state index contributed by atoms with van der Waals surface area (Å²) in [6.07, 6.45) is 0. The first-order chi connectivity index (χ1) is 14.6. The number of carbonyl (C=O) groups excluding carboxylic acids is 1. The molecular formula is C22H22N4O4. The molecule has 2 aliphatic heterocycles. The minimum atomic E-state index is -0.360. The van der Waals surface area contributed by atoms with Crippen molar-refractivity contribution in [2.45, 2.75) is 6.54 Å². The predicted molar refractivity (Wildman–Crippen MR) is 111 cm³/mol. The number of ether oxygens (including phenoxy) is 2.